The lowest BCUT2D eigenvalue weighted by Gasteiger charge is -2.27. The molecule has 0 saturated carbocycles. The Morgan fingerprint density at radius 2 is 1.75 bits per heavy atom. The van der Waals surface area contributed by atoms with Crippen LogP contribution in [0.15, 0.2) is 54.6 Å². The number of hydrogen-bond acceptors (Lipinski definition) is 3. The highest BCUT2D eigenvalue weighted by atomic mass is 32.1. The third-order valence-electron chi connectivity index (χ3n) is 3.78. The molecule has 0 bridgehead atoms. The predicted molar refractivity (Wildman–Crippen MR) is 85.9 cm³/mol. The van der Waals surface area contributed by atoms with Crippen LogP contribution in [0.25, 0.3) is 10.2 Å². The van der Waals surface area contributed by atoms with Gasteiger partial charge in [-0.25, -0.2) is 4.98 Å². The molecule has 0 fully saturated rings. The molecule has 1 aromatic heterocycles. The van der Waals surface area contributed by atoms with Crippen molar-refractivity contribution in [3.05, 3.63) is 65.2 Å². The Morgan fingerprint density at radius 1 is 1.05 bits per heavy atom. The maximum Gasteiger partial charge on any atom is 0.0960 e. The van der Waals surface area contributed by atoms with Gasteiger partial charge < -0.3 is 5.73 Å². The normalized spacial score (nSPS) is 14.3. The first-order chi connectivity index (χ1) is 9.71. The largest absolute Gasteiger partial charge is 0.321 e. The van der Waals surface area contributed by atoms with Crippen molar-refractivity contribution in [2.24, 2.45) is 5.73 Å². The lowest BCUT2D eigenvalue weighted by Crippen LogP contribution is -2.38. The Bertz CT molecular complexity index is 672. The van der Waals surface area contributed by atoms with Crippen LogP contribution in [0.4, 0.5) is 0 Å². The van der Waals surface area contributed by atoms with Crippen LogP contribution >= 0.6 is 11.3 Å². The van der Waals surface area contributed by atoms with Gasteiger partial charge in [-0.05, 0) is 24.1 Å². The lowest BCUT2D eigenvalue weighted by molar-refractivity contribution is 0.424. The summed E-state index contributed by atoms with van der Waals surface area (Å²) in [5.74, 6) is 0. The third-order valence-corrected chi connectivity index (χ3v) is 4.82. The zero-order valence-corrected chi connectivity index (χ0v) is 12.4. The van der Waals surface area contributed by atoms with Gasteiger partial charge in [-0.2, -0.15) is 0 Å². The second-order valence-electron chi connectivity index (χ2n) is 5.13. The topological polar surface area (TPSA) is 38.9 Å². The van der Waals surface area contributed by atoms with Crippen molar-refractivity contribution in [3.63, 3.8) is 0 Å². The molecule has 0 spiro atoms. The van der Waals surface area contributed by atoms with Gasteiger partial charge in [0.15, 0.2) is 0 Å². The number of benzene rings is 2. The molecule has 0 radical (unpaired) electrons. The second kappa shape index (κ2) is 5.35. The van der Waals surface area contributed by atoms with Crippen molar-refractivity contribution in [1.82, 2.24) is 4.98 Å². The average Bonchev–Trinajstić information content (AvgIpc) is 2.90. The Kier molecular flexibility index (Phi) is 3.55. The fourth-order valence-electron chi connectivity index (χ4n) is 2.47. The molecule has 1 unspecified atom stereocenters. The monoisotopic (exact) mass is 282 g/mol. The molecule has 3 aromatic rings. The zero-order chi connectivity index (χ0) is 14.0. The van der Waals surface area contributed by atoms with E-state index < -0.39 is 0 Å². The maximum atomic E-state index is 6.64. The first-order valence-electron chi connectivity index (χ1n) is 6.90. The van der Waals surface area contributed by atoms with Gasteiger partial charge in [-0.1, -0.05) is 49.4 Å². The summed E-state index contributed by atoms with van der Waals surface area (Å²) in [6, 6.07) is 18.6. The van der Waals surface area contributed by atoms with Gasteiger partial charge >= 0.3 is 0 Å². The molecule has 2 aromatic carbocycles. The van der Waals surface area contributed by atoms with Crippen molar-refractivity contribution in [1.29, 1.82) is 0 Å². The number of fused-ring (bicyclic) bond motifs is 1. The van der Waals surface area contributed by atoms with E-state index in [1.54, 1.807) is 11.3 Å². The van der Waals surface area contributed by atoms with Gasteiger partial charge in [0.2, 0.25) is 0 Å². The van der Waals surface area contributed by atoms with Gasteiger partial charge in [0.05, 0.1) is 15.2 Å². The number of nitrogens with two attached hydrogens (primary N) is 1. The summed E-state index contributed by atoms with van der Waals surface area (Å²) in [5, 5.41) is 1.11. The smallest absolute Gasteiger partial charge is 0.0960 e. The third kappa shape index (κ3) is 2.47. The molecule has 1 heterocycles. The highest BCUT2D eigenvalue weighted by molar-refractivity contribution is 7.18. The summed E-state index contributed by atoms with van der Waals surface area (Å²) in [6.45, 7) is 2.14. The van der Waals surface area contributed by atoms with Crippen molar-refractivity contribution in [2.75, 3.05) is 0 Å². The van der Waals surface area contributed by atoms with Crippen molar-refractivity contribution < 1.29 is 0 Å². The molecule has 3 heteroatoms. The highest BCUT2D eigenvalue weighted by Gasteiger charge is 2.26. The molecule has 2 N–H and O–H groups in total. The van der Waals surface area contributed by atoms with E-state index in [0.717, 1.165) is 23.4 Å². The van der Waals surface area contributed by atoms with E-state index in [-0.39, 0.29) is 5.54 Å². The summed E-state index contributed by atoms with van der Waals surface area (Å²) in [5.41, 5.74) is 8.55. The SMILES string of the molecule is CCC(N)(Cc1nc2ccccc2s1)c1ccccc1. The zero-order valence-electron chi connectivity index (χ0n) is 11.5. The van der Waals surface area contributed by atoms with E-state index in [4.69, 9.17) is 10.7 Å². The molecule has 3 rings (SSSR count). The number of para-hydroxylation sites is 1. The first-order valence-corrected chi connectivity index (χ1v) is 7.72. The molecular formula is C17H18N2S. The summed E-state index contributed by atoms with van der Waals surface area (Å²) >= 11 is 1.74. The van der Waals surface area contributed by atoms with Gasteiger partial charge in [0, 0.05) is 12.0 Å². The van der Waals surface area contributed by atoms with Crippen LogP contribution in [0, 0.1) is 0 Å². The number of thiazole rings is 1. The lowest BCUT2D eigenvalue weighted by atomic mass is 9.85. The molecule has 0 aliphatic rings. The Hall–Kier alpha value is -1.71. The predicted octanol–water partition coefficient (Wildman–Crippen LogP) is 4.10. The summed E-state index contributed by atoms with van der Waals surface area (Å²) in [6.07, 6.45) is 1.68. The van der Waals surface area contributed by atoms with E-state index >= 15 is 0 Å². The van der Waals surface area contributed by atoms with E-state index in [2.05, 4.69) is 37.3 Å². The van der Waals surface area contributed by atoms with E-state index in [1.807, 2.05) is 24.3 Å². The Balaban J connectivity index is 1.95. The van der Waals surface area contributed by atoms with Gasteiger partial charge in [0.25, 0.3) is 0 Å². The molecule has 0 aliphatic carbocycles. The van der Waals surface area contributed by atoms with E-state index in [9.17, 15) is 0 Å². The van der Waals surface area contributed by atoms with Crippen molar-refractivity contribution >= 4 is 21.6 Å². The molecule has 0 saturated heterocycles. The second-order valence-corrected chi connectivity index (χ2v) is 6.24. The Morgan fingerprint density at radius 3 is 2.45 bits per heavy atom. The fourth-order valence-corrected chi connectivity index (χ4v) is 3.56. The maximum absolute atomic E-state index is 6.64. The van der Waals surface area contributed by atoms with E-state index in [1.165, 1.54) is 10.3 Å². The molecule has 102 valence electrons. The van der Waals surface area contributed by atoms with Crippen molar-refractivity contribution in [2.45, 2.75) is 25.3 Å². The van der Waals surface area contributed by atoms with Crippen LogP contribution in [0.2, 0.25) is 0 Å². The number of hydrogen-bond donors (Lipinski definition) is 1. The van der Waals surface area contributed by atoms with Crippen LogP contribution < -0.4 is 5.73 Å². The minimum atomic E-state index is -0.338. The molecule has 20 heavy (non-hydrogen) atoms. The van der Waals surface area contributed by atoms with Crippen LogP contribution in [0.1, 0.15) is 23.9 Å². The fraction of sp³-hybridized carbons (Fsp3) is 0.235. The van der Waals surface area contributed by atoms with Gasteiger partial charge in [-0.3, -0.25) is 0 Å². The average molecular weight is 282 g/mol. The molecule has 0 aliphatic heterocycles. The summed E-state index contributed by atoms with van der Waals surface area (Å²) in [4.78, 5) is 4.71. The minimum absolute atomic E-state index is 0.338. The Labute approximate surface area is 123 Å². The molecular weight excluding hydrogens is 264 g/mol. The molecule has 1 atom stereocenters. The van der Waals surface area contributed by atoms with Gasteiger partial charge in [-0.15, -0.1) is 11.3 Å². The van der Waals surface area contributed by atoms with Crippen LogP contribution in [0.5, 0.6) is 0 Å². The van der Waals surface area contributed by atoms with Crippen molar-refractivity contribution in [3.8, 4) is 0 Å². The molecule has 2 nitrogen and oxygen atoms in total. The molecule has 0 amide bonds. The number of aromatic nitrogens is 1. The van der Waals surface area contributed by atoms with Crippen LogP contribution in [-0.4, -0.2) is 4.98 Å². The number of rotatable bonds is 4. The highest BCUT2D eigenvalue weighted by Crippen LogP contribution is 2.30. The van der Waals surface area contributed by atoms with E-state index in [0.29, 0.717) is 0 Å². The standard InChI is InChI=1S/C17H18N2S/c1-2-17(18,13-8-4-3-5-9-13)12-16-19-14-10-6-7-11-15(14)20-16/h3-11H,2,12,18H2,1H3. The first kappa shape index (κ1) is 13.3. The number of nitrogens with zero attached hydrogens (tertiary/aromatic N) is 1. The van der Waals surface area contributed by atoms with Crippen LogP contribution in [0.3, 0.4) is 0 Å². The summed E-state index contributed by atoms with van der Waals surface area (Å²) in [7, 11) is 0. The van der Waals surface area contributed by atoms with Gasteiger partial charge in [0.1, 0.15) is 0 Å². The quantitative estimate of drug-likeness (QED) is 0.782. The minimum Gasteiger partial charge on any atom is -0.321 e. The van der Waals surface area contributed by atoms with Crippen LogP contribution in [-0.2, 0) is 12.0 Å². The summed E-state index contributed by atoms with van der Waals surface area (Å²) < 4.78 is 1.23.